The Kier molecular flexibility index (Phi) is 4.13. The molecule has 1 aliphatic heterocycles. The average molecular weight is 337 g/mol. The number of imidazole rings is 1. The summed E-state index contributed by atoms with van der Waals surface area (Å²) in [6.45, 7) is 3.79. The lowest BCUT2D eigenvalue weighted by Gasteiger charge is -2.36. The summed E-state index contributed by atoms with van der Waals surface area (Å²) < 4.78 is 1.90. The van der Waals surface area contributed by atoms with Gasteiger partial charge in [-0.1, -0.05) is 12.1 Å². The summed E-state index contributed by atoms with van der Waals surface area (Å²) in [5, 5.41) is 11.9. The molecule has 3 heterocycles. The van der Waals surface area contributed by atoms with E-state index < -0.39 is 6.10 Å². The van der Waals surface area contributed by atoms with Crippen LogP contribution in [0.2, 0.25) is 0 Å². The van der Waals surface area contributed by atoms with Crippen molar-refractivity contribution in [3.8, 4) is 0 Å². The van der Waals surface area contributed by atoms with E-state index in [9.17, 15) is 5.11 Å². The number of aryl methyl sites for hydroxylation is 2. The van der Waals surface area contributed by atoms with Crippen molar-refractivity contribution in [3.63, 3.8) is 0 Å². The second kappa shape index (κ2) is 6.44. The molecule has 25 heavy (non-hydrogen) atoms. The topological polar surface area (TPSA) is 67.1 Å². The van der Waals surface area contributed by atoms with E-state index in [1.54, 1.807) is 12.5 Å². The molecule has 1 N–H and O–H groups in total. The molecular weight excluding hydrogens is 314 g/mol. The largest absolute Gasteiger partial charge is 0.385 e. The van der Waals surface area contributed by atoms with Crippen LogP contribution in [0.4, 0.5) is 5.82 Å². The number of fused-ring (bicyclic) bond motifs is 1. The molecule has 2 aromatic heterocycles. The highest BCUT2D eigenvalue weighted by Gasteiger charge is 2.30. The minimum Gasteiger partial charge on any atom is -0.385 e. The lowest BCUT2D eigenvalue weighted by molar-refractivity contribution is 0.0874. The molecule has 4 rings (SSSR count). The van der Waals surface area contributed by atoms with Crippen molar-refractivity contribution >= 4 is 16.7 Å². The van der Waals surface area contributed by atoms with Crippen LogP contribution in [0.1, 0.15) is 30.3 Å². The van der Waals surface area contributed by atoms with Gasteiger partial charge in [-0.3, -0.25) is 0 Å². The third-order valence-corrected chi connectivity index (χ3v) is 5.17. The van der Waals surface area contributed by atoms with E-state index in [1.807, 2.05) is 17.8 Å². The molecule has 0 amide bonds. The quantitative estimate of drug-likeness (QED) is 0.796. The van der Waals surface area contributed by atoms with Gasteiger partial charge in [0.2, 0.25) is 0 Å². The van der Waals surface area contributed by atoms with Crippen molar-refractivity contribution in [2.24, 2.45) is 13.0 Å². The van der Waals surface area contributed by atoms with E-state index in [2.05, 4.69) is 45.0 Å². The van der Waals surface area contributed by atoms with Gasteiger partial charge in [0.15, 0.2) is 0 Å². The van der Waals surface area contributed by atoms with Gasteiger partial charge in [0.05, 0.1) is 5.52 Å². The predicted octanol–water partition coefficient (Wildman–Crippen LogP) is 2.62. The monoisotopic (exact) mass is 337 g/mol. The number of nitrogens with zero attached hydrogens (tertiary/aromatic N) is 5. The maximum absolute atomic E-state index is 10.8. The van der Waals surface area contributed by atoms with E-state index in [0.29, 0.717) is 0 Å². The highest BCUT2D eigenvalue weighted by atomic mass is 16.3. The van der Waals surface area contributed by atoms with E-state index >= 15 is 0 Å². The van der Waals surface area contributed by atoms with E-state index in [0.717, 1.165) is 54.0 Å². The van der Waals surface area contributed by atoms with Crippen LogP contribution in [0.15, 0.2) is 36.9 Å². The lowest BCUT2D eigenvalue weighted by Crippen LogP contribution is -2.39. The van der Waals surface area contributed by atoms with Crippen molar-refractivity contribution in [1.82, 2.24) is 19.5 Å². The minimum atomic E-state index is -0.558. The molecule has 3 aromatic rings. The summed E-state index contributed by atoms with van der Waals surface area (Å²) in [6.07, 6.45) is 6.72. The molecule has 2 atom stereocenters. The van der Waals surface area contributed by atoms with E-state index in [-0.39, 0.29) is 5.92 Å². The number of anilines is 1. The fraction of sp³-hybridized carbons (Fsp3) is 0.421. The summed E-state index contributed by atoms with van der Waals surface area (Å²) in [6, 6.07) is 6.20. The van der Waals surface area contributed by atoms with Gasteiger partial charge in [-0.2, -0.15) is 0 Å². The van der Waals surface area contributed by atoms with Crippen LogP contribution >= 0.6 is 0 Å². The Bertz CT molecular complexity index is 890. The Morgan fingerprint density at radius 2 is 2.12 bits per heavy atom. The standard InChI is InChI=1S/C19H23N5O/c1-13-5-3-7-15-16(13)21-12-22-18(15)24-9-4-6-14(11-24)17(25)19-20-8-10-23(19)2/h3,5,7-8,10,12,14,17,25H,4,6,9,11H2,1-2H3. The first-order valence-corrected chi connectivity index (χ1v) is 8.75. The molecule has 1 fully saturated rings. The average Bonchev–Trinajstić information content (AvgIpc) is 3.07. The van der Waals surface area contributed by atoms with Crippen LogP contribution in [-0.4, -0.2) is 37.7 Å². The Hall–Kier alpha value is -2.47. The molecule has 1 aromatic carbocycles. The maximum atomic E-state index is 10.8. The van der Waals surface area contributed by atoms with Crippen LogP contribution in [0.5, 0.6) is 0 Å². The van der Waals surface area contributed by atoms with Crippen molar-refractivity contribution in [1.29, 1.82) is 0 Å². The van der Waals surface area contributed by atoms with E-state index in [4.69, 9.17) is 0 Å². The first-order valence-electron chi connectivity index (χ1n) is 8.75. The molecule has 0 aliphatic carbocycles. The number of aliphatic hydroxyl groups is 1. The zero-order valence-electron chi connectivity index (χ0n) is 14.6. The predicted molar refractivity (Wildman–Crippen MR) is 97.4 cm³/mol. The van der Waals surface area contributed by atoms with E-state index in [1.165, 1.54) is 0 Å². The highest BCUT2D eigenvalue weighted by Crippen LogP contribution is 2.33. The van der Waals surface area contributed by atoms with Gasteiger partial charge in [-0.15, -0.1) is 0 Å². The maximum Gasteiger partial charge on any atom is 0.139 e. The molecular formula is C19H23N5O. The SMILES string of the molecule is Cc1cccc2c(N3CCCC(C(O)c4nccn4C)C3)ncnc12. The molecule has 0 radical (unpaired) electrons. The molecule has 2 unspecified atom stereocenters. The second-order valence-electron chi connectivity index (χ2n) is 6.86. The Labute approximate surface area is 147 Å². The zero-order valence-corrected chi connectivity index (χ0v) is 14.6. The molecule has 0 saturated carbocycles. The molecule has 0 bridgehead atoms. The number of hydrogen-bond acceptors (Lipinski definition) is 5. The number of aromatic nitrogens is 4. The number of para-hydroxylation sites is 1. The van der Waals surface area contributed by atoms with Gasteiger partial charge in [-0.05, 0) is 31.4 Å². The van der Waals surface area contributed by atoms with Gasteiger partial charge in [-0.25, -0.2) is 15.0 Å². The van der Waals surface area contributed by atoms with Gasteiger partial charge < -0.3 is 14.6 Å². The number of hydrogen-bond donors (Lipinski definition) is 1. The van der Waals surface area contributed by atoms with Crippen LogP contribution < -0.4 is 4.90 Å². The number of piperidine rings is 1. The summed E-state index contributed by atoms with van der Waals surface area (Å²) in [7, 11) is 1.92. The van der Waals surface area contributed by atoms with Crippen LogP contribution in [0.25, 0.3) is 10.9 Å². The second-order valence-corrected chi connectivity index (χ2v) is 6.86. The van der Waals surface area contributed by atoms with Crippen molar-refractivity contribution in [2.75, 3.05) is 18.0 Å². The number of aliphatic hydroxyl groups excluding tert-OH is 1. The van der Waals surface area contributed by atoms with Crippen molar-refractivity contribution in [3.05, 3.63) is 48.3 Å². The first kappa shape index (κ1) is 16.0. The summed E-state index contributed by atoms with van der Waals surface area (Å²) in [4.78, 5) is 15.6. The summed E-state index contributed by atoms with van der Waals surface area (Å²) in [5.74, 6) is 1.84. The molecule has 0 spiro atoms. The summed E-state index contributed by atoms with van der Waals surface area (Å²) >= 11 is 0. The third-order valence-electron chi connectivity index (χ3n) is 5.17. The smallest absolute Gasteiger partial charge is 0.139 e. The Morgan fingerprint density at radius 3 is 2.92 bits per heavy atom. The number of benzene rings is 1. The molecule has 130 valence electrons. The van der Waals surface area contributed by atoms with Gasteiger partial charge in [0.25, 0.3) is 0 Å². The van der Waals surface area contributed by atoms with Crippen molar-refractivity contribution < 1.29 is 5.11 Å². The van der Waals surface area contributed by atoms with Gasteiger partial charge in [0.1, 0.15) is 24.1 Å². The molecule has 6 heteroatoms. The van der Waals surface area contributed by atoms with Crippen LogP contribution in [0, 0.1) is 12.8 Å². The fourth-order valence-corrected chi connectivity index (χ4v) is 3.81. The molecule has 1 aliphatic rings. The van der Waals surface area contributed by atoms with Crippen LogP contribution in [-0.2, 0) is 7.05 Å². The Morgan fingerprint density at radius 1 is 1.24 bits per heavy atom. The van der Waals surface area contributed by atoms with Gasteiger partial charge >= 0.3 is 0 Å². The highest BCUT2D eigenvalue weighted by molar-refractivity contribution is 5.91. The van der Waals surface area contributed by atoms with Gasteiger partial charge in [0, 0.05) is 43.8 Å². The molecule has 6 nitrogen and oxygen atoms in total. The normalized spacial score (nSPS) is 19.3. The van der Waals surface area contributed by atoms with Crippen LogP contribution in [0.3, 0.4) is 0 Å². The Balaban J connectivity index is 1.64. The minimum absolute atomic E-state index is 0.143. The van der Waals surface area contributed by atoms with Crippen molar-refractivity contribution in [2.45, 2.75) is 25.9 Å². The summed E-state index contributed by atoms with van der Waals surface area (Å²) in [5.41, 5.74) is 2.15. The fourth-order valence-electron chi connectivity index (χ4n) is 3.81. The third kappa shape index (κ3) is 2.87. The first-order chi connectivity index (χ1) is 12.1. The molecule has 1 saturated heterocycles. The lowest BCUT2D eigenvalue weighted by atomic mass is 9.91. The number of rotatable bonds is 3. The zero-order chi connectivity index (χ0) is 17.4.